The molecule has 1 aromatic carbocycles. The van der Waals surface area contributed by atoms with Crippen LogP contribution in [0.4, 0.5) is 4.79 Å². The lowest BCUT2D eigenvalue weighted by Gasteiger charge is -2.32. The summed E-state index contributed by atoms with van der Waals surface area (Å²) in [5.41, 5.74) is 1.20. The van der Waals surface area contributed by atoms with Crippen molar-refractivity contribution in [1.29, 1.82) is 0 Å². The van der Waals surface area contributed by atoms with Crippen LogP contribution in [0.3, 0.4) is 0 Å². The first-order valence-electron chi connectivity index (χ1n) is 10.7. The number of nitrogens with one attached hydrogen (secondary N) is 1. The molecule has 0 saturated carbocycles. The van der Waals surface area contributed by atoms with E-state index in [0.717, 1.165) is 5.56 Å². The summed E-state index contributed by atoms with van der Waals surface area (Å²) in [6.07, 6.45) is 1.05. The first-order chi connectivity index (χ1) is 15.4. The number of carboxylic acid groups (broad SMARTS) is 1. The van der Waals surface area contributed by atoms with Crippen LogP contribution in [-0.4, -0.2) is 51.8 Å². The molecule has 1 aliphatic heterocycles. The summed E-state index contributed by atoms with van der Waals surface area (Å²) < 4.78 is 18.9. The Morgan fingerprint density at radius 2 is 1.79 bits per heavy atom. The largest absolute Gasteiger partial charge is 0.492 e. The molecule has 2 aromatic rings. The Hall–Kier alpha value is -3.11. The summed E-state index contributed by atoms with van der Waals surface area (Å²) in [5, 5.41) is 16.6. The summed E-state index contributed by atoms with van der Waals surface area (Å²) in [7, 11) is 0.784. The first kappa shape index (κ1) is 24.5. The van der Waals surface area contributed by atoms with Crippen LogP contribution in [0.2, 0.25) is 0 Å². The van der Waals surface area contributed by atoms with Gasteiger partial charge in [-0.15, -0.1) is 0 Å². The number of aromatic carboxylic acids is 1. The van der Waals surface area contributed by atoms with Crippen molar-refractivity contribution in [3.63, 3.8) is 0 Å². The van der Waals surface area contributed by atoms with Gasteiger partial charge in [-0.25, -0.2) is 9.59 Å². The molecule has 1 aromatic heterocycles. The molecule has 2 heterocycles. The van der Waals surface area contributed by atoms with E-state index in [2.05, 4.69) is 10.4 Å². The van der Waals surface area contributed by atoms with E-state index in [1.165, 1.54) is 4.68 Å². The van der Waals surface area contributed by atoms with Crippen molar-refractivity contribution in [2.45, 2.75) is 52.4 Å². The SMILES string of the molecule is Cc1nn(C)c(C(=O)O)c1C=C(CNC(=O)OCc1ccccc1)B1OC(C)(C)C(C)(C)O1. The quantitative estimate of drug-likeness (QED) is 0.616. The predicted molar refractivity (Wildman–Crippen MR) is 124 cm³/mol. The van der Waals surface area contributed by atoms with Gasteiger partial charge in [0.25, 0.3) is 0 Å². The molecule has 0 radical (unpaired) electrons. The van der Waals surface area contributed by atoms with E-state index in [1.54, 1.807) is 20.0 Å². The van der Waals surface area contributed by atoms with Gasteiger partial charge in [0.05, 0.1) is 16.9 Å². The second-order valence-electron chi connectivity index (χ2n) is 9.00. The second kappa shape index (κ2) is 9.40. The van der Waals surface area contributed by atoms with Crippen molar-refractivity contribution in [3.8, 4) is 0 Å². The minimum Gasteiger partial charge on any atom is -0.477 e. The number of aryl methyl sites for hydroxylation is 2. The van der Waals surface area contributed by atoms with E-state index in [4.69, 9.17) is 14.0 Å². The van der Waals surface area contributed by atoms with E-state index >= 15 is 0 Å². The van der Waals surface area contributed by atoms with Gasteiger partial charge in [0.1, 0.15) is 6.61 Å². The maximum Gasteiger partial charge on any atom is 0.492 e. The molecule has 10 heteroatoms. The average Bonchev–Trinajstić information content (AvgIpc) is 3.13. The Bertz CT molecular complexity index is 1050. The lowest BCUT2D eigenvalue weighted by molar-refractivity contribution is 0.00578. The molecule has 9 nitrogen and oxygen atoms in total. The van der Waals surface area contributed by atoms with E-state index < -0.39 is 30.4 Å². The van der Waals surface area contributed by atoms with Gasteiger partial charge in [0, 0.05) is 19.2 Å². The lowest BCUT2D eigenvalue weighted by Crippen LogP contribution is -2.41. The Morgan fingerprint density at radius 3 is 2.36 bits per heavy atom. The molecule has 0 atom stereocenters. The number of carbonyl (C=O) groups is 2. The van der Waals surface area contributed by atoms with Gasteiger partial charge in [-0.2, -0.15) is 5.10 Å². The number of benzene rings is 1. The predicted octanol–water partition coefficient (Wildman–Crippen LogP) is 3.37. The maximum absolute atomic E-state index is 12.3. The number of alkyl carbamates (subject to hydrolysis) is 1. The van der Waals surface area contributed by atoms with Gasteiger partial charge in [0.2, 0.25) is 0 Å². The second-order valence-corrected chi connectivity index (χ2v) is 9.00. The molecule has 0 spiro atoms. The van der Waals surface area contributed by atoms with E-state index in [0.29, 0.717) is 16.7 Å². The van der Waals surface area contributed by atoms with Crippen molar-refractivity contribution in [2.75, 3.05) is 6.54 Å². The first-order valence-corrected chi connectivity index (χ1v) is 10.7. The van der Waals surface area contributed by atoms with Gasteiger partial charge in [-0.3, -0.25) is 4.68 Å². The fraction of sp³-hybridized carbons (Fsp3) is 0.435. The van der Waals surface area contributed by atoms with E-state index in [-0.39, 0.29) is 18.8 Å². The maximum atomic E-state index is 12.3. The molecular formula is C23H30BN3O6. The van der Waals surface area contributed by atoms with Gasteiger partial charge in [-0.1, -0.05) is 36.4 Å². The number of hydrogen-bond acceptors (Lipinski definition) is 6. The molecule has 176 valence electrons. The number of ether oxygens (including phenoxy) is 1. The highest BCUT2D eigenvalue weighted by Crippen LogP contribution is 2.39. The number of carboxylic acids is 1. The Labute approximate surface area is 193 Å². The van der Waals surface area contributed by atoms with Crippen molar-refractivity contribution in [3.05, 3.63) is 58.3 Å². The molecule has 33 heavy (non-hydrogen) atoms. The van der Waals surface area contributed by atoms with Crippen molar-refractivity contribution < 1.29 is 28.7 Å². The number of amides is 1. The van der Waals surface area contributed by atoms with Crippen molar-refractivity contribution in [2.24, 2.45) is 7.05 Å². The number of nitrogens with zero attached hydrogens (tertiary/aromatic N) is 2. The van der Waals surface area contributed by atoms with Crippen LogP contribution >= 0.6 is 0 Å². The lowest BCUT2D eigenvalue weighted by atomic mass is 9.76. The topological polar surface area (TPSA) is 112 Å². The monoisotopic (exact) mass is 455 g/mol. The smallest absolute Gasteiger partial charge is 0.477 e. The minimum absolute atomic E-state index is 0.0353. The summed E-state index contributed by atoms with van der Waals surface area (Å²) in [5.74, 6) is -1.10. The van der Waals surface area contributed by atoms with Gasteiger partial charge in [0.15, 0.2) is 5.69 Å². The van der Waals surface area contributed by atoms with Crippen molar-refractivity contribution in [1.82, 2.24) is 15.1 Å². The third-order valence-corrected chi connectivity index (χ3v) is 6.01. The summed E-state index contributed by atoms with van der Waals surface area (Å²) in [4.78, 5) is 24.1. The number of aromatic nitrogens is 2. The third-order valence-electron chi connectivity index (χ3n) is 6.01. The Balaban J connectivity index is 1.84. The van der Waals surface area contributed by atoms with E-state index in [9.17, 15) is 14.7 Å². The zero-order valence-electron chi connectivity index (χ0n) is 19.8. The zero-order valence-corrected chi connectivity index (χ0v) is 19.8. The van der Waals surface area contributed by atoms with Crippen LogP contribution in [0, 0.1) is 6.92 Å². The Morgan fingerprint density at radius 1 is 1.18 bits per heavy atom. The van der Waals surface area contributed by atoms with Gasteiger partial charge in [-0.05, 0) is 45.7 Å². The summed E-state index contributed by atoms with van der Waals surface area (Å²) >= 11 is 0. The molecular weight excluding hydrogens is 425 g/mol. The van der Waals surface area contributed by atoms with E-state index in [1.807, 2.05) is 58.0 Å². The van der Waals surface area contributed by atoms with Crippen LogP contribution in [-0.2, 0) is 27.7 Å². The Kier molecular flexibility index (Phi) is 6.99. The average molecular weight is 455 g/mol. The molecule has 1 aliphatic rings. The van der Waals surface area contributed by atoms with Crippen molar-refractivity contribution >= 4 is 25.3 Å². The highest BCUT2D eigenvalue weighted by atomic mass is 16.7. The van der Waals surface area contributed by atoms with Gasteiger partial charge >= 0.3 is 19.2 Å². The minimum atomic E-state index is -1.10. The molecule has 1 fully saturated rings. The van der Waals surface area contributed by atoms with Crippen LogP contribution in [0.5, 0.6) is 0 Å². The molecule has 1 amide bonds. The molecule has 0 bridgehead atoms. The number of carbonyl (C=O) groups excluding carboxylic acids is 1. The van der Waals surface area contributed by atoms with Crippen LogP contribution in [0.15, 0.2) is 35.8 Å². The molecule has 0 aliphatic carbocycles. The highest BCUT2D eigenvalue weighted by Gasteiger charge is 2.52. The molecule has 1 saturated heterocycles. The number of rotatable bonds is 7. The molecule has 0 unspecified atom stereocenters. The normalized spacial score (nSPS) is 17.2. The molecule has 3 rings (SSSR count). The summed E-state index contributed by atoms with van der Waals surface area (Å²) in [6, 6.07) is 9.35. The van der Waals surface area contributed by atoms with Crippen LogP contribution in [0.25, 0.3) is 6.08 Å². The fourth-order valence-corrected chi connectivity index (χ4v) is 3.43. The zero-order chi connectivity index (χ0) is 24.4. The summed E-state index contributed by atoms with van der Waals surface area (Å²) in [6.45, 7) is 9.58. The molecule has 2 N–H and O–H groups in total. The van der Waals surface area contributed by atoms with Crippen LogP contribution < -0.4 is 5.32 Å². The highest BCUT2D eigenvalue weighted by molar-refractivity contribution is 6.56. The number of hydrogen-bond donors (Lipinski definition) is 2. The standard InChI is InChI=1S/C23H30BN3O6/c1-15-18(19(20(28)29)27(6)26-15)12-17(24-32-22(2,3)23(4,5)33-24)13-25-21(30)31-14-16-10-8-7-9-11-16/h7-12H,13-14H2,1-6H3,(H,25,30)(H,28,29). The van der Waals surface area contributed by atoms with Crippen LogP contribution in [0.1, 0.15) is 55.0 Å². The fourth-order valence-electron chi connectivity index (χ4n) is 3.43. The third kappa shape index (κ3) is 5.46. The van der Waals surface area contributed by atoms with Gasteiger partial charge < -0.3 is 24.5 Å².